The fraction of sp³-hybridized carbons (Fsp3) is 0.0417. The van der Waals surface area contributed by atoms with Crippen molar-refractivity contribution in [1.29, 1.82) is 0 Å². The number of nitrogens with zero attached hydrogens (tertiary/aromatic N) is 4. The van der Waals surface area contributed by atoms with Crippen LogP contribution in [0.1, 0.15) is 5.56 Å². The summed E-state index contributed by atoms with van der Waals surface area (Å²) in [5.74, 6) is 0.977. The molecule has 164 valence electrons. The average Bonchev–Trinajstić information content (AvgIpc) is 3.29. The van der Waals surface area contributed by atoms with Gasteiger partial charge in [-0.05, 0) is 49.4 Å². The van der Waals surface area contributed by atoms with Gasteiger partial charge in [0.2, 0.25) is 0 Å². The van der Waals surface area contributed by atoms with Crippen LogP contribution in [0.15, 0.2) is 96.2 Å². The Morgan fingerprint density at radius 2 is 1.73 bits per heavy atom. The van der Waals surface area contributed by atoms with Gasteiger partial charge in [-0.3, -0.25) is 4.72 Å². The molecule has 2 aromatic carbocycles. The monoisotopic (exact) mass is 456 g/mol. The molecule has 0 aliphatic rings. The Kier molecular flexibility index (Phi) is 5.23. The van der Waals surface area contributed by atoms with E-state index in [-0.39, 0.29) is 10.7 Å². The fourth-order valence-corrected chi connectivity index (χ4v) is 4.45. The van der Waals surface area contributed by atoms with Gasteiger partial charge < -0.3 is 5.32 Å². The number of sulfonamides is 1. The van der Waals surface area contributed by atoms with E-state index in [1.54, 1.807) is 41.0 Å². The maximum atomic E-state index is 12.6. The van der Waals surface area contributed by atoms with Gasteiger partial charge in [-0.15, -0.1) is 0 Å². The number of rotatable bonds is 6. The van der Waals surface area contributed by atoms with Crippen molar-refractivity contribution in [3.05, 3.63) is 96.8 Å². The summed E-state index contributed by atoms with van der Waals surface area (Å²) in [6, 6.07) is 23.4. The van der Waals surface area contributed by atoms with Gasteiger partial charge in [-0.25, -0.2) is 18.4 Å². The minimum Gasteiger partial charge on any atom is -0.340 e. The van der Waals surface area contributed by atoms with Crippen LogP contribution in [0.4, 0.5) is 17.3 Å². The highest BCUT2D eigenvalue weighted by molar-refractivity contribution is 7.92. The van der Waals surface area contributed by atoms with Crippen LogP contribution in [-0.4, -0.2) is 28.0 Å². The van der Waals surface area contributed by atoms with Gasteiger partial charge in [0.25, 0.3) is 10.0 Å². The Morgan fingerprint density at radius 1 is 0.879 bits per heavy atom. The number of nitrogens with one attached hydrogen (secondary N) is 2. The summed E-state index contributed by atoms with van der Waals surface area (Å²) in [6.45, 7) is 2.04. The van der Waals surface area contributed by atoms with Crippen molar-refractivity contribution in [2.45, 2.75) is 11.8 Å². The number of benzene rings is 2. The maximum absolute atomic E-state index is 12.6. The topological polar surface area (TPSA) is 101 Å². The molecule has 0 saturated carbocycles. The van der Waals surface area contributed by atoms with Crippen LogP contribution in [0.3, 0.4) is 0 Å². The SMILES string of the molecule is Cc1cccc(-c2cc(Nc3ccc(S(=O)(=O)Nc4ccccn4)cc3)n3nccc3n2)c1. The molecule has 33 heavy (non-hydrogen) atoms. The van der Waals surface area contributed by atoms with Crippen LogP contribution in [0.25, 0.3) is 16.9 Å². The molecule has 8 nitrogen and oxygen atoms in total. The molecule has 0 atom stereocenters. The number of anilines is 3. The molecule has 0 amide bonds. The molecule has 0 fully saturated rings. The number of hydrogen-bond acceptors (Lipinski definition) is 6. The molecular weight excluding hydrogens is 436 g/mol. The normalized spacial score (nSPS) is 11.4. The Labute approximate surface area is 191 Å². The van der Waals surface area contributed by atoms with Crippen molar-refractivity contribution in [3.8, 4) is 11.3 Å². The summed E-state index contributed by atoms with van der Waals surface area (Å²) in [4.78, 5) is 8.85. The van der Waals surface area contributed by atoms with Crippen LogP contribution in [-0.2, 0) is 10.0 Å². The van der Waals surface area contributed by atoms with Gasteiger partial charge in [0.1, 0.15) is 11.6 Å². The quantitative estimate of drug-likeness (QED) is 0.386. The zero-order valence-electron chi connectivity index (χ0n) is 17.7. The second-order valence-corrected chi connectivity index (χ2v) is 9.15. The van der Waals surface area contributed by atoms with Crippen LogP contribution < -0.4 is 10.0 Å². The van der Waals surface area contributed by atoms with E-state index in [9.17, 15) is 8.42 Å². The first kappa shape index (κ1) is 20.7. The highest BCUT2D eigenvalue weighted by atomic mass is 32.2. The molecule has 0 bridgehead atoms. The van der Waals surface area contributed by atoms with E-state index in [1.165, 1.54) is 18.3 Å². The highest BCUT2D eigenvalue weighted by Gasteiger charge is 2.15. The Bertz CT molecular complexity index is 1530. The van der Waals surface area contributed by atoms with Crippen molar-refractivity contribution in [2.24, 2.45) is 0 Å². The molecule has 0 spiro atoms. The van der Waals surface area contributed by atoms with Crippen molar-refractivity contribution < 1.29 is 8.42 Å². The van der Waals surface area contributed by atoms with E-state index in [0.29, 0.717) is 17.2 Å². The van der Waals surface area contributed by atoms with E-state index in [0.717, 1.165) is 16.8 Å². The van der Waals surface area contributed by atoms with Gasteiger partial charge in [0, 0.05) is 29.6 Å². The molecule has 0 unspecified atom stereocenters. The van der Waals surface area contributed by atoms with Gasteiger partial charge in [-0.2, -0.15) is 9.61 Å². The first-order valence-electron chi connectivity index (χ1n) is 10.2. The largest absolute Gasteiger partial charge is 0.340 e. The van der Waals surface area contributed by atoms with Crippen molar-refractivity contribution in [2.75, 3.05) is 10.0 Å². The molecule has 0 aliphatic heterocycles. The Balaban J connectivity index is 1.44. The molecule has 0 aliphatic carbocycles. The summed E-state index contributed by atoms with van der Waals surface area (Å²) in [7, 11) is -3.74. The number of fused-ring (bicyclic) bond motifs is 1. The standard InChI is InChI=1S/C24H20N6O2S/c1-17-5-4-6-18(15-17)21-16-24(30-23(28-21)12-14-26-30)27-19-8-10-20(11-9-19)33(31,32)29-22-7-2-3-13-25-22/h2-16,27H,1H3,(H,25,29). The third-order valence-corrected chi connectivity index (χ3v) is 6.38. The number of aryl methyl sites for hydroxylation is 1. The van der Waals surface area contributed by atoms with E-state index < -0.39 is 10.0 Å². The zero-order valence-corrected chi connectivity index (χ0v) is 18.5. The van der Waals surface area contributed by atoms with Gasteiger partial charge in [0.05, 0.1) is 16.8 Å². The third-order valence-electron chi connectivity index (χ3n) is 5.01. The molecule has 3 heterocycles. The summed E-state index contributed by atoms with van der Waals surface area (Å²) in [5, 5.41) is 7.67. The summed E-state index contributed by atoms with van der Waals surface area (Å²) >= 11 is 0. The van der Waals surface area contributed by atoms with Gasteiger partial charge in [0.15, 0.2) is 5.65 Å². The fourth-order valence-electron chi connectivity index (χ4n) is 3.44. The number of pyridine rings is 1. The van der Waals surface area contributed by atoms with Crippen LogP contribution >= 0.6 is 0 Å². The minimum atomic E-state index is -3.74. The van der Waals surface area contributed by atoms with Crippen molar-refractivity contribution in [3.63, 3.8) is 0 Å². The van der Waals surface area contributed by atoms with Crippen LogP contribution in [0.2, 0.25) is 0 Å². The summed E-state index contributed by atoms with van der Waals surface area (Å²) in [5.41, 5.74) is 4.38. The number of hydrogen-bond donors (Lipinski definition) is 2. The predicted molar refractivity (Wildman–Crippen MR) is 128 cm³/mol. The molecule has 3 aromatic heterocycles. The molecule has 0 radical (unpaired) electrons. The second kappa shape index (κ2) is 8.36. The van der Waals surface area contributed by atoms with Gasteiger partial charge in [-0.1, -0.05) is 29.8 Å². The minimum absolute atomic E-state index is 0.137. The third kappa shape index (κ3) is 4.39. The molecule has 5 rings (SSSR count). The smallest absolute Gasteiger partial charge is 0.263 e. The van der Waals surface area contributed by atoms with E-state index in [2.05, 4.69) is 26.2 Å². The molecule has 0 saturated heterocycles. The first-order valence-corrected chi connectivity index (χ1v) is 11.7. The Hall–Kier alpha value is -4.24. The number of aromatic nitrogens is 4. The maximum Gasteiger partial charge on any atom is 0.263 e. The summed E-state index contributed by atoms with van der Waals surface area (Å²) in [6.07, 6.45) is 3.22. The average molecular weight is 457 g/mol. The Morgan fingerprint density at radius 3 is 2.48 bits per heavy atom. The van der Waals surface area contributed by atoms with E-state index in [1.807, 2.05) is 37.3 Å². The molecule has 2 N–H and O–H groups in total. The first-order chi connectivity index (χ1) is 16.0. The summed E-state index contributed by atoms with van der Waals surface area (Å²) < 4.78 is 29.5. The van der Waals surface area contributed by atoms with Crippen molar-refractivity contribution in [1.82, 2.24) is 19.6 Å². The molecule has 5 aromatic rings. The van der Waals surface area contributed by atoms with Gasteiger partial charge >= 0.3 is 0 Å². The van der Waals surface area contributed by atoms with E-state index in [4.69, 9.17) is 4.98 Å². The lowest BCUT2D eigenvalue weighted by Gasteiger charge is -2.12. The highest BCUT2D eigenvalue weighted by Crippen LogP contribution is 2.26. The lowest BCUT2D eigenvalue weighted by molar-refractivity contribution is 0.601. The van der Waals surface area contributed by atoms with E-state index >= 15 is 0 Å². The lowest BCUT2D eigenvalue weighted by atomic mass is 10.1. The predicted octanol–water partition coefficient (Wildman–Crippen LogP) is 4.64. The zero-order chi connectivity index (χ0) is 22.8. The van der Waals surface area contributed by atoms with Crippen molar-refractivity contribution >= 4 is 33.0 Å². The van der Waals surface area contributed by atoms with Crippen LogP contribution in [0, 0.1) is 6.92 Å². The lowest BCUT2D eigenvalue weighted by Crippen LogP contribution is -2.13. The molecular formula is C24H20N6O2S. The second-order valence-electron chi connectivity index (χ2n) is 7.47. The molecule has 9 heteroatoms. The van der Waals surface area contributed by atoms with Crippen LogP contribution in [0.5, 0.6) is 0 Å².